The van der Waals surface area contributed by atoms with Crippen molar-refractivity contribution in [2.75, 3.05) is 4.90 Å². The van der Waals surface area contributed by atoms with Crippen molar-refractivity contribution < 1.29 is 0 Å². The number of nitrogens with zero attached hydrogens (tertiary/aromatic N) is 1. The van der Waals surface area contributed by atoms with Gasteiger partial charge in [0.15, 0.2) is 0 Å². The van der Waals surface area contributed by atoms with E-state index in [4.69, 9.17) is 0 Å². The first-order valence-electron chi connectivity index (χ1n) is 17.8. The summed E-state index contributed by atoms with van der Waals surface area (Å²) >= 11 is 0. The zero-order valence-corrected chi connectivity index (χ0v) is 29.8. The first-order valence-corrected chi connectivity index (χ1v) is 17.8. The predicted octanol–water partition coefficient (Wildman–Crippen LogP) is 14.3. The van der Waals surface area contributed by atoms with Crippen molar-refractivity contribution in [2.45, 2.75) is 65.7 Å². The lowest BCUT2D eigenvalue weighted by Crippen LogP contribution is -2.10. The second-order valence-corrected chi connectivity index (χ2v) is 15.5. The van der Waals surface area contributed by atoms with Crippen LogP contribution in [0.15, 0.2) is 133 Å². The van der Waals surface area contributed by atoms with Crippen LogP contribution in [0.5, 0.6) is 0 Å². The number of benzene rings is 7. The fraction of sp³-hybridized carbons (Fsp3) is 0.208. The first-order chi connectivity index (χ1) is 23.5. The molecule has 242 valence electrons. The van der Waals surface area contributed by atoms with Crippen LogP contribution < -0.4 is 4.90 Å². The zero-order valence-electron chi connectivity index (χ0n) is 29.8. The lowest BCUT2D eigenvalue weighted by atomic mass is 9.77. The average molecular weight is 636 g/mol. The molecule has 0 aliphatic heterocycles. The minimum Gasteiger partial charge on any atom is -0.310 e. The van der Waals surface area contributed by atoms with Gasteiger partial charge < -0.3 is 4.90 Å². The smallest absolute Gasteiger partial charge is 0.0468 e. The summed E-state index contributed by atoms with van der Waals surface area (Å²) in [6.07, 6.45) is 0. The minimum absolute atomic E-state index is 0.155. The predicted molar refractivity (Wildman–Crippen MR) is 213 cm³/mol. The molecule has 0 radical (unpaired) electrons. The summed E-state index contributed by atoms with van der Waals surface area (Å²) in [5, 5.41) is 5.11. The van der Waals surface area contributed by atoms with Crippen molar-refractivity contribution in [1.82, 2.24) is 0 Å². The van der Waals surface area contributed by atoms with Crippen LogP contribution in [0.1, 0.15) is 77.0 Å². The molecule has 0 amide bonds. The van der Waals surface area contributed by atoms with Crippen molar-refractivity contribution in [3.8, 4) is 33.4 Å². The number of anilines is 3. The average Bonchev–Trinajstić information content (AvgIpc) is 3.10. The highest BCUT2D eigenvalue weighted by molar-refractivity contribution is 6.12. The van der Waals surface area contributed by atoms with Gasteiger partial charge >= 0.3 is 0 Å². The Kier molecular flexibility index (Phi) is 7.49. The van der Waals surface area contributed by atoms with Crippen molar-refractivity contribution in [1.29, 1.82) is 0 Å². The van der Waals surface area contributed by atoms with E-state index in [-0.39, 0.29) is 5.41 Å². The van der Waals surface area contributed by atoms with E-state index in [0.717, 1.165) is 0 Å². The van der Waals surface area contributed by atoms with Crippen LogP contribution in [-0.4, -0.2) is 0 Å². The van der Waals surface area contributed by atoms with Crippen LogP contribution in [0.25, 0.3) is 54.9 Å². The van der Waals surface area contributed by atoms with Gasteiger partial charge in [-0.2, -0.15) is 0 Å². The van der Waals surface area contributed by atoms with Crippen LogP contribution in [0.2, 0.25) is 0 Å². The summed E-state index contributed by atoms with van der Waals surface area (Å²) in [7, 11) is 0. The highest BCUT2D eigenvalue weighted by atomic mass is 15.1. The molecule has 0 unspecified atom stereocenters. The summed E-state index contributed by atoms with van der Waals surface area (Å²) in [5.41, 5.74) is 15.7. The molecule has 0 heterocycles. The number of hydrogen-bond donors (Lipinski definition) is 0. The Bertz CT molecular complexity index is 2280. The summed E-state index contributed by atoms with van der Waals surface area (Å²) in [6, 6.07) is 50.6. The van der Waals surface area contributed by atoms with E-state index in [9.17, 15) is 0 Å². The van der Waals surface area contributed by atoms with Gasteiger partial charge in [-0.3, -0.25) is 0 Å². The topological polar surface area (TPSA) is 3.24 Å². The zero-order chi connectivity index (χ0) is 34.0. The van der Waals surface area contributed by atoms with Crippen LogP contribution in [-0.2, 0) is 5.41 Å². The minimum atomic E-state index is 0.155. The highest BCUT2D eigenvalue weighted by Crippen LogP contribution is 2.51. The largest absolute Gasteiger partial charge is 0.310 e. The normalized spacial score (nSPS) is 12.3. The molecule has 0 saturated carbocycles. The lowest BCUT2D eigenvalue weighted by Gasteiger charge is -2.28. The van der Waals surface area contributed by atoms with Gasteiger partial charge in [-0.15, -0.1) is 0 Å². The summed E-state index contributed by atoms with van der Waals surface area (Å²) in [4.78, 5) is 2.39. The fourth-order valence-electron chi connectivity index (χ4n) is 7.36. The maximum Gasteiger partial charge on any atom is 0.0468 e. The van der Waals surface area contributed by atoms with E-state index in [1.807, 2.05) is 0 Å². The Labute approximate surface area is 291 Å². The monoisotopic (exact) mass is 635 g/mol. The molecule has 49 heavy (non-hydrogen) atoms. The van der Waals surface area contributed by atoms with E-state index >= 15 is 0 Å². The van der Waals surface area contributed by atoms with Crippen LogP contribution >= 0.6 is 0 Å². The molecule has 0 atom stereocenters. The third-order valence-electron chi connectivity index (χ3n) is 10.5. The van der Waals surface area contributed by atoms with Gasteiger partial charge in [0, 0.05) is 17.1 Å². The first kappa shape index (κ1) is 31.1. The molecule has 0 fully saturated rings. The second kappa shape index (κ2) is 11.8. The third-order valence-corrected chi connectivity index (χ3v) is 10.5. The molecule has 0 bridgehead atoms. The van der Waals surface area contributed by atoms with Crippen molar-refractivity contribution in [3.63, 3.8) is 0 Å². The lowest BCUT2D eigenvalue weighted by molar-refractivity contribution is 0.590. The molecule has 7 aromatic rings. The molecule has 0 N–H and O–H groups in total. The number of rotatable bonds is 6. The summed E-state index contributed by atoms with van der Waals surface area (Å²) < 4.78 is 0. The molecular weight excluding hydrogens is 591 g/mol. The SMILES string of the molecule is CC(C)c1ccc(N(c2ccc(C(C)C)cc2)c2ccc3cc4c(cc3c2)-c2cc3ccc(-c5ccc(C(C)(C)C)cc5)cc3cc2-4)cc1. The van der Waals surface area contributed by atoms with Gasteiger partial charge in [-0.05, 0) is 156 Å². The van der Waals surface area contributed by atoms with Crippen LogP contribution in [0.4, 0.5) is 17.1 Å². The third kappa shape index (κ3) is 5.62. The maximum atomic E-state index is 2.40. The van der Waals surface area contributed by atoms with Gasteiger partial charge in [0.05, 0.1) is 0 Å². The molecule has 1 heteroatoms. The molecule has 0 saturated heterocycles. The highest BCUT2D eigenvalue weighted by Gasteiger charge is 2.24. The number of hydrogen-bond acceptors (Lipinski definition) is 1. The van der Waals surface area contributed by atoms with E-state index in [2.05, 4.69) is 187 Å². The second-order valence-electron chi connectivity index (χ2n) is 15.5. The van der Waals surface area contributed by atoms with Crippen molar-refractivity contribution in [3.05, 3.63) is 150 Å². The summed E-state index contributed by atoms with van der Waals surface area (Å²) in [5.74, 6) is 0.999. The van der Waals surface area contributed by atoms with E-state index in [0.29, 0.717) is 11.8 Å². The Morgan fingerprint density at radius 3 is 1.27 bits per heavy atom. The van der Waals surface area contributed by atoms with Crippen LogP contribution in [0.3, 0.4) is 0 Å². The Morgan fingerprint density at radius 2 is 0.796 bits per heavy atom. The van der Waals surface area contributed by atoms with Gasteiger partial charge in [0.1, 0.15) is 0 Å². The molecule has 1 aliphatic carbocycles. The Hall–Kier alpha value is -5.14. The molecule has 0 aromatic heterocycles. The van der Waals surface area contributed by atoms with E-state index < -0.39 is 0 Å². The fourth-order valence-corrected chi connectivity index (χ4v) is 7.36. The van der Waals surface area contributed by atoms with Gasteiger partial charge in [-0.1, -0.05) is 115 Å². The molecule has 1 nitrogen and oxygen atoms in total. The molecule has 8 rings (SSSR count). The molecular formula is C48H45N. The van der Waals surface area contributed by atoms with Crippen LogP contribution in [0, 0.1) is 0 Å². The van der Waals surface area contributed by atoms with Crippen molar-refractivity contribution in [2.24, 2.45) is 0 Å². The summed E-state index contributed by atoms with van der Waals surface area (Å²) in [6.45, 7) is 15.8. The quantitative estimate of drug-likeness (QED) is 0.176. The van der Waals surface area contributed by atoms with Gasteiger partial charge in [0.2, 0.25) is 0 Å². The standard InChI is InChI=1S/C48H45N/c1-30(2)32-12-19-41(20-13-32)49(42-21-14-33(15-22-42)31(3)4)43-23-16-37-27-45-46-28-38-24-35(34-10-17-40(18-11-34)48(5,6)7)8-9-36(38)26-44(46)47(45)29-39(37)25-43/h8-31H,1-7H3. The number of fused-ring (bicyclic) bond motifs is 6. The molecule has 7 aromatic carbocycles. The van der Waals surface area contributed by atoms with Gasteiger partial charge in [0.25, 0.3) is 0 Å². The van der Waals surface area contributed by atoms with Crippen molar-refractivity contribution >= 4 is 38.6 Å². The maximum absolute atomic E-state index is 2.40. The van der Waals surface area contributed by atoms with Gasteiger partial charge in [-0.25, -0.2) is 0 Å². The molecule has 0 spiro atoms. The van der Waals surface area contributed by atoms with E-state index in [1.165, 1.54) is 88.7 Å². The Morgan fingerprint density at radius 1 is 0.388 bits per heavy atom. The van der Waals surface area contributed by atoms with E-state index in [1.54, 1.807) is 0 Å². The Balaban J connectivity index is 1.16. The molecule has 1 aliphatic rings.